The lowest BCUT2D eigenvalue weighted by Crippen LogP contribution is -2.04. The summed E-state index contributed by atoms with van der Waals surface area (Å²) in [5.74, 6) is 1.27. The highest BCUT2D eigenvalue weighted by atomic mass is 16.5. The molecule has 0 spiro atoms. The number of rotatable bonds is 5. The normalized spacial score (nSPS) is 11.9. The van der Waals surface area contributed by atoms with Crippen molar-refractivity contribution in [2.45, 2.75) is 46.6 Å². The molecule has 4 heterocycles. The van der Waals surface area contributed by atoms with Gasteiger partial charge in [-0.2, -0.15) is 15.2 Å². The molecule has 0 aliphatic heterocycles. The van der Waals surface area contributed by atoms with Gasteiger partial charge in [0.05, 0.1) is 28.2 Å². The lowest BCUT2D eigenvalue weighted by atomic mass is 10.1. The quantitative estimate of drug-likeness (QED) is 0.409. The van der Waals surface area contributed by atoms with E-state index in [4.69, 9.17) is 19.8 Å². The smallest absolute Gasteiger partial charge is 0.232 e. The zero-order valence-corrected chi connectivity index (χ0v) is 17.6. The molecular formula is C23H24N6O. The summed E-state index contributed by atoms with van der Waals surface area (Å²) in [5.41, 5.74) is 4.81. The van der Waals surface area contributed by atoms with Crippen LogP contribution in [0.1, 0.15) is 45.0 Å². The molecule has 5 rings (SSSR count). The number of aryl methyl sites for hydroxylation is 2. The minimum absolute atomic E-state index is 0.208. The van der Waals surface area contributed by atoms with E-state index in [-0.39, 0.29) is 6.04 Å². The number of pyridine rings is 1. The van der Waals surface area contributed by atoms with Crippen LogP contribution in [0.5, 0.6) is 11.6 Å². The van der Waals surface area contributed by atoms with Gasteiger partial charge in [-0.25, -0.2) is 14.2 Å². The van der Waals surface area contributed by atoms with Crippen molar-refractivity contribution in [3.8, 4) is 11.6 Å². The fourth-order valence-electron chi connectivity index (χ4n) is 3.98. The number of fused-ring (bicyclic) bond motifs is 5. The van der Waals surface area contributed by atoms with E-state index in [0.29, 0.717) is 5.88 Å². The number of benzene rings is 1. The third-order valence-electron chi connectivity index (χ3n) is 5.42. The summed E-state index contributed by atoms with van der Waals surface area (Å²) in [6.07, 6.45) is 5.40. The van der Waals surface area contributed by atoms with Crippen molar-refractivity contribution in [1.29, 1.82) is 0 Å². The molecule has 0 saturated carbocycles. The number of hydrogen-bond donors (Lipinski definition) is 0. The average Bonchev–Trinajstić information content (AvgIpc) is 3.35. The molecule has 7 heteroatoms. The van der Waals surface area contributed by atoms with Gasteiger partial charge in [-0.1, -0.05) is 32.0 Å². The van der Waals surface area contributed by atoms with Gasteiger partial charge in [-0.15, -0.1) is 0 Å². The minimum atomic E-state index is 0.208. The zero-order valence-electron chi connectivity index (χ0n) is 17.6. The Morgan fingerprint density at radius 1 is 0.967 bits per heavy atom. The summed E-state index contributed by atoms with van der Waals surface area (Å²) in [6, 6.07) is 9.92. The summed E-state index contributed by atoms with van der Waals surface area (Å²) in [6.45, 7) is 8.46. The van der Waals surface area contributed by atoms with Gasteiger partial charge in [0.25, 0.3) is 0 Å². The van der Waals surface area contributed by atoms with Crippen molar-refractivity contribution < 1.29 is 4.74 Å². The number of para-hydroxylation sites is 1. The first-order valence-electron chi connectivity index (χ1n) is 10.4. The minimum Gasteiger partial charge on any atom is -0.438 e. The molecule has 0 N–H and O–H groups in total. The molecule has 1 aromatic carbocycles. The van der Waals surface area contributed by atoms with Crippen LogP contribution in [-0.2, 0) is 12.8 Å². The van der Waals surface area contributed by atoms with E-state index < -0.39 is 0 Å². The number of ether oxygens (including phenoxy) is 1. The molecule has 5 aromatic rings. The van der Waals surface area contributed by atoms with Crippen LogP contribution in [-0.4, -0.2) is 29.4 Å². The van der Waals surface area contributed by atoms with Gasteiger partial charge in [0.1, 0.15) is 5.75 Å². The van der Waals surface area contributed by atoms with Gasteiger partial charge in [0.2, 0.25) is 5.88 Å². The lowest BCUT2D eigenvalue weighted by molar-refractivity contribution is 0.469. The molecule has 0 aliphatic rings. The maximum atomic E-state index is 6.23. The molecular weight excluding hydrogens is 376 g/mol. The van der Waals surface area contributed by atoms with E-state index in [0.717, 1.165) is 57.4 Å². The Hall–Kier alpha value is -3.48. The van der Waals surface area contributed by atoms with E-state index in [2.05, 4.69) is 32.8 Å². The van der Waals surface area contributed by atoms with E-state index in [1.807, 2.05) is 51.9 Å². The van der Waals surface area contributed by atoms with Gasteiger partial charge in [0.15, 0.2) is 11.3 Å². The molecule has 4 aromatic heterocycles. The Morgan fingerprint density at radius 2 is 1.77 bits per heavy atom. The summed E-state index contributed by atoms with van der Waals surface area (Å²) >= 11 is 0. The average molecular weight is 400 g/mol. The van der Waals surface area contributed by atoms with Crippen LogP contribution >= 0.6 is 0 Å². The van der Waals surface area contributed by atoms with Crippen LogP contribution in [0.3, 0.4) is 0 Å². The second-order valence-corrected chi connectivity index (χ2v) is 7.64. The fraction of sp³-hybridized carbons (Fsp3) is 0.304. The zero-order chi connectivity index (χ0) is 20.8. The first kappa shape index (κ1) is 18.5. The van der Waals surface area contributed by atoms with Gasteiger partial charge in [-0.05, 0) is 38.8 Å². The molecule has 30 heavy (non-hydrogen) atoms. The molecule has 0 fully saturated rings. The second-order valence-electron chi connectivity index (χ2n) is 7.64. The SMILES string of the molecule is CCc1nn2c(nc(Oc3ccccc3)c3cnc4c(cnn4C(C)C)c32)c1CC. The Morgan fingerprint density at radius 3 is 2.47 bits per heavy atom. The summed E-state index contributed by atoms with van der Waals surface area (Å²) in [4.78, 5) is 9.61. The van der Waals surface area contributed by atoms with Crippen molar-refractivity contribution in [2.75, 3.05) is 0 Å². The molecule has 0 bridgehead atoms. The van der Waals surface area contributed by atoms with Crippen molar-refractivity contribution in [3.63, 3.8) is 0 Å². The highest BCUT2D eigenvalue weighted by Crippen LogP contribution is 2.34. The first-order valence-corrected chi connectivity index (χ1v) is 10.4. The van der Waals surface area contributed by atoms with Crippen LogP contribution in [0.15, 0.2) is 42.7 Å². The monoisotopic (exact) mass is 400 g/mol. The molecule has 0 amide bonds. The molecule has 152 valence electrons. The van der Waals surface area contributed by atoms with Gasteiger partial charge in [-0.3, -0.25) is 0 Å². The maximum Gasteiger partial charge on any atom is 0.232 e. The van der Waals surface area contributed by atoms with Crippen molar-refractivity contribution in [1.82, 2.24) is 29.4 Å². The van der Waals surface area contributed by atoms with E-state index in [1.165, 1.54) is 0 Å². The Labute approximate surface area is 174 Å². The van der Waals surface area contributed by atoms with Crippen LogP contribution in [0.4, 0.5) is 0 Å². The first-order chi connectivity index (χ1) is 14.6. The van der Waals surface area contributed by atoms with Crippen molar-refractivity contribution in [3.05, 3.63) is 54.0 Å². The number of nitrogens with zero attached hydrogens (tertiary/aromatic N) is 6. The van der Waals surface area contributed by atoms with E-state index >= 15 is 0 Å². The fourth-order valence-corrected chi connectivity index (χ4v) is 3.98. The Bertz CT molecular complexity index is 1370. The van der Waals surface area contributed by atoms with E-state index in [1.54, 1.807) is 0 Å². The number of aromatic nitrogens is 6. The van der Waals surface area contributed by atoms with E-state index in [9.17, 15) is 0 Å². The molecule has 0 saturated heterocycles. The topological polar surface area (TPSA) is 70.1 Å². The predicted molar refractivity (Wildman–Crippen MR) is 117 cm³/mol. The summed E-state index contributed by atoms with van der Waals surface area (Å²) in [5, 5.41) is 11.3. The van der Waals surface area contributed by atoms with Gasteiger partial charge < -0.3 is 4.74 Å². The van der Waals surface area contributed by atoms with Crippen LogP contribution in [0.2, 0.25) is 0 Å². The van der Waals surface area contributed by atoms with Gasteiger partial charge in [0, 0.05) is 17.8 Å². The van der Waals surface area contributed by atoms with Crippen LogP contribution < -0.4 is 4.74 Å². The summed E-state index contributed by atoms with van der Waals surface area (Å²) in [7, 11) is 0. The third-order valence-corrected chi connectivity index (χ3v) is 5.42. The van der Waals surface area contributed by atoms with Crippen molar-refractivity contribution in [2.24, 2.45) is 0 Å². The second kappa shape index (κ2) is 7.09. The molecule has 0 unspecified atom stereocenters. The maximum absolute atomic E-state index is 6.23. The lowest BCUT2D eigenvalue weighted by Gasteiger charge is -2.11. The van der Waals surface area contributed by atoms with Crippen LogP contribution in [0.25, 0.3) is 27.6 Å². The highest BCUT2D eigenvalue weighted by Gasteiger charge is 2.21. The largest absolute Gasteiger partial charge is 0.438 e. The summed E-state index contributed by atoms with van der Waals surface area (Å²) < 4.78 is 10.1. The van der Waals surface area contributed by atoms with Gasteiger partial charge >= 0.3 is 0 Å². The standard InChI is InChI=1S/C23H24N6O/c1-5-16-19(6-2)27-29-20-17-13-25-28(14(3)4)21(17)24-12-18(20)23(26-22(16)29)30-15-10-8-7-9-11-15/h7-14H,5-6H2,1-4H3. The molecule has 0 radical (unpaired) electrons. The molecule has 0 atom stereocenters. The Balaban J connectivity index is 1.90. The third kappa shape index (κ3) is 2.73. The highest BCUT2D eigenvalue weighted by molar-refractivity contribution is 6.04. The number of hydrogen-bond acceptors (Lipinski definition) is 5. The Kier molecular flexibility index (Phi) is 4.38. The predicted octanol–water partition coefficient (Wildman–Crippen LogP) is 5.13. The molecule has 7 nitrogen and oxygen atoms in total. The van der Waals surface area contributed by atoms with Crippen LogP contribution in [0, 0.1) is 0 Å². The van der Waals surface area contributed by atoms with Crippen molar-refractivity contribution >= 4 is 27.6 Å². The molecule has 0 aliphatic carbocycles.